The van der Waals surface area contributed by atoms with Crippen molar-refractivity contribution in [1.82, 2.24) is 9.88 Å². The number of H-pyrrole nitrogens is 1. The number of nitrogens with zero attached hydrogens (tertiary/aromatic N) is 1. The molecule has 106 valence electrons. The first kappa shape index (κ1) is 13.9. The largest absolute Gasteiger partial charge is 0.399 e. The molecular formula is C14H18N4O2. The Balaban J connectivity index is 2.35. The molecule has 0 saturated carbocycles. The number of nitrogen functional groups attached to an aromatic ring is 1. The molecule has 6 nitrogen and oxygen atoms in total. The van der Waals surface area contributed by atoms with Gasteiger partial charge in [0, 0.05) is 22.6 Å². The molecule has 2 aromatic rings. The van der Waals surface area contributed by atoms with Crippen LogP contribution >= 0.6 is 0 Å². The molecule has 0 unspecified atom stereocenters. The van der Waals surface area contributed by atoms with Gasteiger partial charge in [-0.15, -0.1) is 0 Å². The molecule has 0 aliphatic carbocycles. The molecule has 2 amide bonds. The highest BCUT2D eigenvalue weighted by atomic mass is 16.2. The molecule has 0 aliphatic rings. The lowest BCUT2D eigenvalue weighted by Crippen LogP contribution is -2.42. The summed E-state index contributed by atoms with van der Waals surface area (Å²) in [6, 6.07) is 6.97. The van der Waals surface area contributed by atoms with Crippen molar-refractivity contribution >= 4 is 28.4 Å². The van der Waals surface area contributed by atoms with E-state index in [9.17, 15) is 9.59 Å². The molecular weight excluding hydrogens is 256 g/mol. The highest BCUT2D eigenvalue weighted by molar-refractivity contribution is 6.00. The molecule has 2 rings (SSSR count). The Labute approximate surface area is 116 Å². The van der Waals surface area contributed by atoms with Crippen LogP contribution in [0.1, 0.15) is 24.3 Å². The third-order valence-electron chi connectivity index (χ3n) is 3.09. The van der Waals surface area contributed by atoms with Gasteiger partial charge in [-0.1, -0.05) is 0 Å². The van der Waals surface area contributed by atoms with Crippen LogP contribution in [0.5, 0.6) is 0 Å². The standard InChI is InChI=1S/C14H18N4O2/c1-8(2)18(7-13(16)19)14(20)12-6-9-5-10(15)3-4-11(9)17-12/h3-6,8,17H,7,15H2,1-2H3,(H2,16,19). The average molecular weight is 274 g/mol. The number of anilines is 1. The van der Waals surface area contributed by atoms with Crippen LogP contribution in [0.3, 0.4) is 0 Å². The predicted molar refractivity (Wildman–Crippen MR) is 78.1 cm³/mol. The second kappa shape index (κ2) is 5.24. The monoisotopic (exact) mass is 274 g/mol. The number of nitrogens with two attached hydrogens (primary N) is 2. The Kier molecular flexibility index (Phi) is 3.65. The molecule has 0 saturated heterocycles. The second-order valence-corrected chi connectivity index (χ2v) is 5.02. The number of hydrogen-bond acceptors (Lipinski definition) is 3. The molecule has 0 atom stereocenters. The summed E-state index contributed by atoms with van der Waals surface area (Å²) in [6.45, 7) is 3.57. The summed E-state index contributed by atoms with van der Waals surface area (Å²) in [6.07, 6.45) is 0. The Morgan fingerprint density at radius 3 is 2.60 bits per heavy atom. The minimum atomic E-state index is -0.535. The van der Waals surface area contributed by atoms with Crippen LogP contribution in [-0.2, 0) is 4.79 Å². The van der Waals surface area contributed by atoms with Crippen molar-refractivity contribution in [2.75, 3.05) is 12.3 Å². The van der Waals surface area contributed by atoms with Gasteiger partial charge in [0.15, 0.2) is 0 Å². The predicted octanol–water partition coefficient (Wildman–Crippen LogP) is 1.09. The summed E-state index contributed by atoms with van der Waals surface area (Å²) in [7, 11) is 0. The minimum Gasteiger partial charge on any atom is -0.399 e. The molecule has 0 spiro atoms. The van der Waals surface area contributed by atoms with E-state index in [1.807, 2.05) is 19.9 Å². The van der Waals surface area contributed by atoms with Crippen LogP contribution < -0.4 is 11.5 Å². The van der Waals surface area contributed by atoms with Gasteiger partial charge in [-0.2, -0.15) is 0 Å². The lowest BCUT2D eigenvalue weighted by molar-refractivity contribution is -0.119. The summed E-state index contributed by atoms with van der Waals surface area (Å²) in [5.74, 6) is -0.791. The van der Waals surface area contributed by atoms with Gasteiger partial charge in [0.25, 0.3) is 5.91 Å². The zero-order chi connectivity index (χ0) is 14.9. The molecule has 6 heteroatoms. The maximum absolute atomic E-state index is 12.4. The number of nitrogens with one attached hydrogen (secondary N) is 1. The molecule has 20 heavy (non-hydrogen) atoms. The van der Waals surface area contributed by atoms with Crippen LogP contribution in [-0.4, -0.2) is 34.3 Å². The average Bonchev–Trinajstić information content (AvgIpc) is 2.77. The number of benzene rings is 1. The summed E-state index contributed by atoms with van der Waals surface area (Å²) < 4.78 is 0. The van der Waals surface area contributed by atoms with Crippen molar-refractivity contribution in [3.05, 3.63) is 30.0 Å². The number of carbonyl (C=O) groups excluding carboxylic acids is 2. The SMILES string of the molecule is CC(C)N(CC(N)=O)C(=O)c1cc2cc(N)ccc2[nH]1. The zero-order valence-corrected chi connectivity index (χ0v) is 11.5. The number of carbonyl (C=O) groups is 2. The summed E-state index contributed by atoms with van der Waals surface area (Å²) in [5.41, 5.74) is 12.8. The van der Waals surface area contributed by atoms with E-state index in [2.05, 4.69) is 4.98 Å². The summed E-state index contributed by atoms with van der Waals surface area (Å²) in [4.78, 5) is 28.0. The van der Waals surface area contributed by atoms with Gasteiger partial charge < -0.3 is 21.4 Å². The van der Waals surface area contributed by atoms with Crippen molar-refractivity contribution in [3.63, 3.8) is 0 Å². The van der Waals surface area contributed by atoms with Gasteiger partial charge in [-0.3, -0.25) is 9.59 Å². The van der Waals surface area contributed by atoms with E-state index in [1.54, 1.807) is 18.2 Å². The highest BCUT2D eigenvalue weighted by Crippen LogP contribution is 2.19. The van der Waals surface area contributed by atoms with Crippen LogP contribution in [0.15, 0.2) is 24.3 Å². The number of hydrogen-bond donors (Lipinski definition) is 3. The number of primary amides is 1. The van der Waals surface area contributed by atoms with Crippen molar-refractivity contribution < 1.29 is 9.59 Å². The number of rotatable bonds is 4. The second-order valence-electron chi connectivity index (χ2n) is 5.02. The van der Waals surface area contributed by atoms with Gasteiger partial charge in [-0.05, 0) is 38.1 Å². The van der Waals surface area contributed by atoms with E-state index in [1.165, 1.54) is 4.90 Å². The lowest BCUT2D eigenvalue weighted by Gasteiger charge is -2.24. The maximum atomic E-state index is 12.4. The number of aromatic nitrogens is 1. The molecule has 1 aromatic carbocycles. The van der Waals surface area contributed by atoms with Crippen molar-refractivity contribution in [2.45, 2.75) is 19.9 Å². The van der Waals surface area contributed by atoms with Gasteiger partial charge in [-0.25, -0.2) is 0 Å². The van der Waals surface area contributed by atoms with Crippen molar-refractivity contribution in [3.8, 4) is 0 Å². The van der Waals surface area contributed by atoms with E-state index >= 15 is 0 Å². The Bertz CT molecular complexity index is 660. The first-order chi connectivity index (χ1) is 9.38. The fourth-order valence-electron chi connectivity index (χ4n) is 2.08. The highest BCUT2D eigenvalue weighted by Gasteiger charge is 2.22. The maximum Gasteiger partial charge on any atom is 0.271 e. The minimum absolute atomic E-state index is 0.103. The Hall–Kier alpha value is -2.50. The normalized spacial score (nSPS) is 10.9. The topological polar surface area (TPSA) is 105 Å². The number of aromatic amines is 1. The number of amides is 2. The van der Waals surface area contributed by atoms with Gasteiger partial charge in [0.05, 0.1) is 6.54 Å². The third-order valence-corrected chi connectivity index (χ3v) is 3.09. The molecule has 0 bridgehead atoms. The molecule has 0 radical (unpaired) electrons. The quantitative estimate of drug-likeness (QED) is 0.726. The third kappa shape index (κ3) is 2.74. The summed E-state index contributed by atoms with van der Waals surface area (Å²) >= 11 is 0. The molecule has 5 N–H and O–H groups in total. The van der Waals surface area contributed by atoms with Crippen molar-refractivity contribution in [1.29, 1.82) is 0 Å². The van der Waals surface area contributed by atoms with E-state index in [0.717, 1.165) is 10.9 Å². The molecule has 1 aromatic heterocycles. The lowest BCUT2D eigenvalue weighted by atomic mass is 10.2. The smallest absolute Gasteiger partial charge is 0.271 e. The molecule has 1 heterocycles. The van der Waals surface area contributed by atoms with E-state index in [-0.39, 0.29) is 18.5 Å². The summed E-state index contributed by atoms with van der Waals surface area (Å²) in [5, 5.41) is 0.858. The van der Waals surface area contributed by atoms with Crippen molar-refractivity contribution in [2.24, 2.45) is 5.73 Å². The fraction of sp³-hybridized carbons (Fsp3) is 0.286. The van der Waals surface area contributed by atoms with Crippen LogP contribution in [0, 0.1) is 0 Å². The van der Waals surface area contributed by atoms with Gasteiger partial charge in [0.1, 0.15) is 5.69 Å². The first-order valence-corrected chi connectivity index (χ1v) is 6.36. The van der Waals surface area contributed by atoms with Crippen LogP contribution in [0.25, 0.3) is 10.9 Å². The van der Waals surface area contributed by atoms with Crippen LogP contribution in [0.2, 0.25) is 0 Å². The van der Waals surface area contributed by atoms with E-state index in [0.29, 0.717) is 11.4 Å². The Morgan fingerprint density at radius 1 is 1.30 bits per heavy atom. The Morgan fingerprint density at radius 2 is 2.00 bits per heavy atom. The number of fused-ring (bicyclic) bond motifs is 1. The molecule has 0 fully saturated rings. The van der Waals surface area contributed by atoms with Crippen LogP contribution in [0.4, 0.5) is 5.69 Å². The fourth-order valence-corrected chi connectivity index (χ4v) is 2.08. The first-order valence-electron chi connectivity index (χ1n) is 6.36. The molecule has 0 aliphatic heterocycles. The van der Waals surface area contributed by atoms with E-state index in [4.69, 9.17) is 11.5 Å². The van der Waals surface area contributed by atoms with Gasteiger partial charge in [0.2, 0.25) is 5.91 Å². The van der Waals surface area contributed by atoms with Gasteiger partial charge >= 0.3 is 0 Å². The van der Waals surface area contributed by atoms with E-state index < -0.39 is 5.91 Å². The zero-order valence-electron chi connectivity index (χ0n) is 11.5.